The topological polar surface area (TPSA) is 35.5 Å². The molecule has 18 heavy (non-hydrogen) atoms. The molecular weight excluding hydrogens is 454 g/mol. The first-order valence-electron chi connectivity index (χ1n) is 5.67. The second-order valence-electron chi connectivity index (χ2n) is 3.26. The smallest absolute Gasteiger partial charge is 0.496 e. The molecule has 0 saturated heterocycles. The SMILES string of the molecule is CCOc1ccc([C-]=O)cc1.[CH2-]CCCOC.[U+2]. The van der Waals surface area contributed by atoms with E-state index in [1.807, 2.05) is 6.92 Å². The summed E-state index contributed by atoms with van der Waals surface area (Å²) in [5.74, 6) is 0.784. The monoisotopic (exact) mass is 474 g/mol. The molecule has 1 aromatic rings. The minimum absolute atomic E-state index is 0. The normalized spacial score (nSPS) is 8.61. The molecule has 1 rings (SSSR count). The van der Waals surface area contributed by atoms with E-state index >= 15 is 0 Å². The number of hydrogen-bond acceptors (Lipinski definition) is 3. The number of ether oxygens (including phenoxy) is 2. The van der Waals surface area contributed by atoms with Crippen LogP contribution in [0.25, 0.3) is 0 Å². The standard InChI is InChI=1S/C9H9O2.C5H11O.U/c1-2-11-9-5-3-8(7-10)4-6-9;1-3-4-5-6-2;/h3-6H,2H2,1H3;1,3-5H2,2H3;/q2*-1;+2. The van der Waals surface area contributed by atoms with E-state index in [2.05, 4.69) is 6.92 Å². The van der Waals surface area contributed by atoms with Crippen molar-refractivity contribution < 1.29 is 45.4 Å². The molecule has 0 aliphatic heterocycles. The molecule has 98 valence electrons. The van der Waals surface area contributed by atoms with Crippen molar-refractivity contribution in [1.29, 1.82) is 0 Å². The molecule has 0 unspecified atom stereocenters. The van der Waals surface area contributed by atoms with Gasteiger partial charge in [0.15, 0.2) is 0 Å². The van der Waals surface area contributed by atoms with Gasteiger partial charge in [-0.25, -0.2) is 0 Å². The average Bonchev–Trinajstić information content (AvgIpc) is 2.38. The Bertz CT molecular complexity index is 282. The van der Waals surface area contributed by atoms with Gasteiger partial charge in [-0.15, -0.1) is 0 Å². The summed E-state index contributed by atoms with van der Waals surface area (Å²) in [4.78, 5) is 10.1. The zero-order valence-corrected chi connectivity index (χ0v) is 15.2. The largest absolute Gasteiger partial charge is 2.00 e. The van der Waals surface area contributed by atoms with Crippen LogP contribution in [-0.4, -0.2) is 26.6 Å². The van der Waals surface area contributed by atoms with Crippen molar-refractivity contribution in [2.45, 2.75) is 19.8 Å². The number of hydrogen-bond donors (Lipinski definition) is 0. The van der Waals surface area contributed by atoms with Crippen LogP contribution in [-0.2, 0) is 9.53 Å². The predicted molar refractivity (Wildman–Crippen MR) is 68.9 cm³/mol. The molecule has 4 heteroatoms. The Kier molecular flexibility index (Phi) is 16.4. The number of benzene rings is 1. The van der Waals surface area contributed by atoms with Gasteiger partial charge in [-0.3, -0.25) is 0 Å². The summed E-state index contributed by atoms with van der Waals surface area (Å²) in [6, 6.07) is 6.86. The molecule has 0 N–H and O–H groups in total. The van der Waals surface area contributed by atoms with Gasteiger partial charge in [-0.05, 0) is 6.92 Å². The molecule has 1 aromatic carbocycles. The maximum absolute atomic E-state index is 10.1. The molecule has 3 nitrogen and oxygen atoms in total. The zero-order valence-electron chi connectivity index (χ0n) is 11.1. The van der Waals surface area contributed by atoms with E-state index in [9.17, 15) is 4.79 Å². The second-order valence-corrected chi connectivity index (χ2v) is 3.26. The molecule has 0 aliphatic carbocycles. The molecule has 0 radical (unpaired) electrons. The van der Waals surface area contributed by atoms with E-state index in [0.717, 1.165) is 25.2 Å². The summed E-state index contributed by atoms with van der Waals surface area (Å²) >= 11 is 0. The van der Waals surface area contributed by atoms with Crippen molar-refractivity contribution >= 4 is 6.29 Å². The van der Waals surface area contributed by atoms with Crippen LogP contribution in [0.2, 0.25) is 0 Å². The van der Waals surface area contributed by atoms with Crippen molar-refractivity contribution in [1.82, 2.24) is 0 Å². The molecule has 0 saturated carbocycles. The van der Waals surface area contributed by atoms with Gasteiger partial charge >= 0.3 is 31.1 Å². The van der Waals surface area contributed by atoms with Crippen molar-refractivity contribution in [2.75, 3.05) is 20.3 Å². The maximum atomic E-state index is 10.1. The van der Waals surface area contributed by atoms with E-state index < -0.39 is 0 Å². The Morgan fingerprint density at radius 2 is 1.89 bits per heavy atom. The Morgan fingerprint density at radius 3 is 2.22 bits per heavy atom. The van der Waals surface area contributed by atoms with Crippen LogP contribution in [0.3, 0.4) is 0 Å². The van der Waals surface area contributed by atoms with Crippen LogP contribution in [0.4, 0.5) is 0 Å². The molecule has 0 atom stereocenters. The van der Waals surface area contributed by atoms with Crippen molar-refractivity contribution in [3.05, 3.63) is 36.8 Å². The quantitative estimate of drug-likeness (QED) is 0.470. The van der Waals surface area contributed by atoms with E-state index in [-0.39, 0.29) is 31.1 Å². The summed E-state index contributed by atoms with van der Waals surface area (Å²) in [7, 11) is 1.70. The number of unbranched alkanes of at least 4 members (excludes halogenated alkanes) is 1. The van der Waals surface area contributed by atoms with E-state index in [0.29, 0.717) is 12.2 Å². The molecular formula is C14H20O3U. The van der Waals surface area contributed by atoms with Gasteiger partial charge in [0, 0.05) is 13.7 Å². The summed E-state index contributed by atoms with van der Waals surface area (Å²) in [6.07, 6.45) is 3.85. The minimum atomic E-state index is 0. The van der Waals surface area contributed by atoms with Gasteiger partial charge < -0.3 is 21.2 Å². The Hall–Kier alpha value is -0.298. The van der Waals surface area contributed by atoms with Crippen molar-refractivity contribution in [2.24, 2.45) is 0 Å². The molecule has 0 fully saturated rings. The van der Waals surface area contributed by atoms with Crippen molar-refractivity contribution in [3.8, 4) is 5.75 Å². The van der Waals surface area contributed by atoms with Crippen LogP contribution < -0.4 is 4.74 Å². The third kappa shape index (κ3) is 10.8. The van der Waals surface area contributed by atoms with E-state index in [1.54, 1.807) is 37.7 Å². The molecule has 0 amide bonds. The summed E-state index contributed by atoms with van der Waals surface area (Å²) in [6.45, 7) is 7.05. The van der Waals surface area contributed by atoms with Gasteiger partial charge in [-0.2, -0.15) is 24.1 Å². The van der Waals surface area contributed by atoms with Crippen LogP contribution in [0.5, 0.6) is 5.75 Å². The molecule has 0 aromatic heterocycles. The van der Waals surface area contributed by atoms with Crippen LogP contribution >= 0.6 is 0 Å². The maximum Gasteiger partial charge on any atom is 2.00 e. The predicted octanol–water partition coefficient (Wildman–Crippen LogP) is 2.79. The van der Waals surface area contributed by atoms with Crippen LogP contribution in [0, 0.1) is 38.0 Å². The Morgan fingerprint density at radius 1 is 1.28 bits per heavy atom. The number of methoxy groups -OCH3 is 1. The van der Waals surface area contributed by atoms with Gasteiger partial charge in [0.25, 0.3) is 0 Å². The van der Waals surface area contributed by atoms with Gasteiger partial charge in [0.2, 0.25) is 0 Å². The summed E-state index contributed by atoms with van der Waals surface area (Å²) in [5.41, 5.74) is 0.549. The first-order chi connectivity index (χ1) is 8.28. The number of rotatable bonds is 6. The third-order valence-corrected chi connectivity index (χ3v) is 1.88. The fourth-order valence-electron chi connectivity index (χ4n) is 1.03. The Balaban J connectivity index is 0. The minimum Gasteiger partial charge on any atom is -0.496 e. The molecule has 0 spiro atoms. The number of carbonyl (C=O) groups excluding carboxylic acids is 1. The Labute approximate surface area is 134 Å². The van der Waals surface area contributed by atoms with Crippen molar-refractivity contribution in [3.63, 3.8) is 0 Å². The van der Waals surface area contributed by atoms with Gasteiger partial charge in [0.05, 0.1) is 18.6 Å². The van der Waals surface area contributed by atoms with Gasteiger partial charge in [-0.1, -0.05) is 18.6 Å². The van der Waals surface area contributed by atoms with Crippen LogP contribution in [0.15, 0.2) is 24.3 Å². The fourth-order valence-corrected chi connectivity index (χ4v) is 1.03. The average molecular weight is 474 g/mol. The second kappa shape index (κ2) is 14.8. The third-order valence-electron chi connectivity index (χ3n) is 1.88. The molecule has 0 aliphatic rings. The van der Waals surface area contributed by atoms with Crippen LogP contribution in [0.1, 0.15) is 25.3 Å². The summed E-state index contributed by atoms with van der Waals surface area (Å²) < 4.78 is 9.92. The van der Waals surface area contributed by atoms with Gasteiger partial charge in [0.1, 0.15) is 0 Å². The first kappa shape index (κ1) is 20.0. The molecule has 0 bridgehead atoms. The first-order valence-corrected chi connectivity index (χ1v) is 5.67. The van der Waals surface area contributed by atoms with E-state index in [1.165, 1.54) is 0 Å². The zero-order chi connectivity index (χ0) is 12.9. The molecule has 0 heterocycles. The van der Waals surface area contributed by atoms with E-state index in [4.69, 9.17) is 9.47 Å². The fraction of sp³-hybridized carbons (Fsp3) is 0.429. The summed E-state index contributed by atoms with van der Waals surface area (Å²) in [5, 5.41) is 0.